The molecule has 2 aliphatic heterocycles. The van der Waals surface area contributed by atoms with Gasteiger partial charge in [-0.3, -0.25) is 19.8 Å². The lowest BCUT2D eigenvalue weighted by Crippen LogP contribution is -2.61. The van der Waals surface area contributed by atoms with Crippen LogP contribution in [0.4, 0.5) is 23.1 Å². The minimum atomic E-state index is -2.74. The van der Waals surface area contributed by atoms with E-state index in [1.807, 2.05) is 31.2 Å². The Morgan fingerprint density at radius 3 is 2.49 bits per heavy atom. The van der Waals surface area contributed by atoms with Gasteiger partial charge in [0.1, 0.15) is 36.1 Å². The Morgan fingerprint density at radius 1 is 1.00 bits per heavy atom. The molecule has 2 aliphatic rings. The third-order valence-corrected chi connectivity index (χ3v) is 10.8. The summed E-state index contributed by atoms with van der Waals surface area (Å²) < 4.78 is 31.5. The van der Waals surface area contributed by atoms with Crippen LogP contribution in [0, 0.1) is 6.92 Å². The molecule has 47 heavy (non-hydrogen) atoms. The van der Waals surface area contributed by atoms with E-state index in [0.29, 0.717) is 50.1 Å². The van der Waals surface area contributed by atoms with Crippen molar-refractivity contribution in [3.05, 3.63) is 52.9 Å². The molecular weight excluding hydrogens is 683 g/mol. The summed E-state index contributed by atoms with van der Waals surface area (Å²) in [6.45, 7) is 11.6. The third kappa shape index (κ3) is 7.70. The first kappa shape index (κ1) is 33.5. The second-order valence-corrected chi connectivity index (χ2v) is 16.5. The zero-order valence-electron chi connectivity index (χ0n) is 27.5. The highest BCUT2D eigenvalue weighted by Gasteiger charge is 2.34. The number of piperidine rings is 1. The van der Waals surface area contributed by atoms with Crippen molar-refractivity contribution in [2.75, 3.05) is 77.5 Å². The second-order valence-electron chi connectivity index (χ2n) is 12.5. The van der Waals surface area contributed by atoms with Crippen molar-refractivity contribution < 1.29 is 18.8 Å². The Bertz CT molecular complexity index is 1780. The topological polar surface area (TPSA) is 127 Å². The average Bonchev–Trinajstić information content (AvgIpc) is 3.03. The summed E-state index contributed by atoms with van der Waals surface area (Å²) in [4.78, 5) is 23.1. The van der Waals surface area contributed by atoms with Crippen LogP contribution in [0.2, 0.25) is 0 Å². The molecule has 0 amide bonds. The van der Waals surface area contributed by atoms with Gasteiger partial charge in [-0.1, -0.05) is 0 Å². The minimum absolute atomic E-state index is 0.161. The van der Waals surface area contributed by atoms with Crippen molar-refractivity contribution in [3.8, 4) is 11.5 Å². The highest BCUT2D eigenvalue weighted by molar-refractivity contribution is 9.10. The molecule has 14 heteroatoms. The van der Waals surface area contributed by atoms with Gasteiger partial charge in [0.05, 0.1) is 40.4 Å². The summed E-state index contributed by atoms with van der Waals surface area (Å²) in [6, 6.07) is 8.28. The van der Waals surface area contributed by atoms with Gasteiger partial charge < -0.3 is 29.4 Å². The number of nitrogens with one attached hydrogen (secondary N) is 2. The van der Waals surface area contributed by atoms with Gasteiger partial charge in [0.2, 0.25) is 5.95 Å². The van der Waals surface area contributed by atoms with E-state index in [0.717, 1.165) is 69.2 Å². The Hall–Kier alpha value is -3.35. The largest absolute Gasteiger partial charge is 0.494 e. The van der Waals surface area contributed by atoms with Gasteiger partial charge >= 0.3 is 0 Å². The number of ether oxygens (including phenoxy) is 3. The Kier molecular flexibility index (Phi) is 10.3. The number of benzene rings is 2. The van der Waals surface area contributed by atoms with E-state index in [-0.39, 0.29) is 6.10 Å². The van der Waals surface area contributed by atoms with Crippen molar-refractivity contribution in [3.63, 3.8) is 0 Å². The van der Waals surface area contributed by atoms with Gasteiger partial charge in [0.25, 0.3) is 0 Å². The lowest BCUT2D eigenvalue weighted by atomic mass is 10.0. The van der Waals surface area contributed by atoms with Gasteiger partial charge in [0, 0.05) is 70.5 Å². The van der Waals surface area contributed by atoms with Gasteiger partial charge in [-0.05, 0) is 72.8 Å². The molecule has 6 rings (SSSR count). The van der Waals surface area contributed by atoms with Gasteiger partial charge in [0.15, 0.2) is 0 Å². The maximum Gasteiger partial charge on any atom is 0.229 e. The predicted octanol–water partition coefficient (Wildman–Crippen LogP) is 5.41. The molecule has 0 unspecified atom stereocenters. The molecule has 2 fully saturated rings. The van der Waals surface area contributed by atoms with E-state index in [4.69, 9.17) is 19.2 Å². The second kappa shape index (κ2) is 14.4. The van der Waals surface area contributed by atoms with E-state index >= 15 is 0 Å². The van der Waals surface area contributed by atoms with Crippen molar-refractivity contribution in [2.45, 2.75) is 31.9 Å². The summed E-state index contributed by atoms with van der Waals surface area (Å²) in [5.74, 6) is 2.31. The number of methoxy groups -OCH3 is 2. The van der Waals surface area contributed by atoms with E-state index in [2.05, 4.69) is 51.3 Å². The number of fused-ring (bicyclic) bond motifs is 1. The first-order valence-electron chi connectivity index (χ1n) is 15.8. The van der Waals surface area contributed by atoms with Crippen LogP contribution < -0.4 is 25.4 Å². The van der Waals surface area contributed by atoms with E-state index < -0.39 is 7.14 Å². The molecule has 2 aromatic carbocycles. The summed E-state index contributed by atoms with van der Waals surface area (Å²) in [7, 11) is 0.654. The number of rotatable bonds is 12. The molecule has 250 valence electrons. The number of aromatic nitrogens is 4. The van der Waals surface area contributed by atoms with Crippen LogP contribution in [0.3, 0.4) is 0 Å². The van der Waals surface area contributed by atoms with E-state index in [9.17, 15) is 4.57 Å². The minimum Gasteiger partial charge on any atom is -0.494 e. The van der Waals surface area contributed by atoms with Gasteiger partial charge in [-0.15, -0.1) is 0 Å². The number of anilines is 4. The zero-order chi connectivity index (χ0) is 33.1. The standard InChI is InChI=1S/C33H42BrN8O4P/c1-21-16-27(29(45-3)17-28(21)46-23-8-12-42(13-9-23)22-19-41(20-22)14-15-44-2)39-33-37-18-24(34)32(40-33)38-26-7-6-25-30(36-11-10-35-25)31(26)47(4,5)43/h6-7,10-11,16-18,22-23H,8-9,12-15,19-20H2,1-5H3,(H2,37,38,39,40). The molecule has 2 saturated heterocycles. The summed E-state index contributed by atoms with van der Waals surface area (Å²) in [6.07, 6.45) is 7.05. The maximum atomic E-state index is 13.4. The fourth-order valence-electron chi connectivity index (χ4n) is 6.21. The van der Waals surface area contributed by atoms with Crippen LogP contribution in [0.15, 0.2) is 47.3 Å². The lowest BCUT2D eigenvalue weighted by Gasteiger charge is -2.47. The molecule has 2 N–H and O–H groups in total. The molecule has 0 bridgehead atoms. The monoisotopic (exact) mass is 724 g/mol. The van der Waals surface area contributed by atoms with Crippen molar-refractivity contribution in [1.29, 1.82) is 0 Å². The highest BCUT2D eigenvalue weighted by Crippen LogP contribution is 2.41. The summed E-state index contributed by atoms with van der Waals surface area (Å²) >= 11 is 3.56. The molecular formula is C33H42BrN8O4P. The molecule has 0 radical (unpaired) electrons. The van der Waals surface area contributed by atoms with Crippen LogP contribution in [-0.4, -0.2) is 109 Å². The van der Waals surface area contributed by atoms with Crippen molar-refractivity contribution in [1.82, 2.24) is 29.7 Å². The van der Waals surface area contributed by atoms with Gasteiger partial charge in [-0.2, -0.15) is 4.98 Å². The average molecular weight is 726 g/mol. The Balaban J connectivity index is 1.13. The Labute approximate surface area is 284 Å². The Morgan fingerprint density at radius 2 is 1.77 bits per heavy atom. The molecule has 0 saturated carbocycles. The zero-order valence-corrected chi connectivity index (χ0v) is 30.0. The number of hydrogen-bond donors (Lipinski definition) is 2. The van der Waals surface area contributed by atoms with Crippen LogP contribution in [0.1, 0.15) is 18.4 Å². The number of nitrogens with zero attached hydrogens (tertiary/aromatic N) is 6. The number of hydrogen-bond acceptors (Lipinski definition) is 12. The molecule has 0 atom stereocenters. The van der Waals surface area contributed by atoms with Crippen LogP contribution >= 0.6 is 23.1 Å². The van der Waals surface area contributed by atoms with Crippen LogP contribution in [-0.2, 0) is 9.30 Å². The quantitative estimate of drug-likeness (QED) is 0.182. The smallest absolute Gasteiger partial charge is 0.229 e. The molecule has 4 aromatic rings. The highest BCUT2D eigenvalue weighted by atomic mass is 79.9. The van der Waals surface area contributed by atoms with Crippen molar-refractivity contribution in [2.24, 2.45) is 0 Å². The number of halogens is 1. The fourth-order valence-corrected chi connectivity index (χ4v) is 7.89. The van der Waals surface area contributed by atoms with Crippen molar-refractivity contribution >= 4 is 62.6 Å². The summed E-state index contributed by atoms with van der Waals surface area (Å²) in [5, 5.41) is 7.28. The molecule has 4 heterocycles. The van der Waals surface area contributed by atoms with Gasteiger partial charge in [-0.25, -0.2) is 4.98 Å². The molecule has 2 aromatic heterocycles. The molecule has 0 aliphatic carbocycles. The number of likely N-dealkylation sites (tertiary alicyclic amines) is 2. The normalized spacial score (nSPS) is 16.6. The molecule has 0 spiro atoms. The lowest BCUT2D eigenvalue weighted by molar-refractivity contribution is -0.00786. The van der Waals surface area contributed by atoms with Crippen LogP contribution in [0.25, 0.3) is 11.0 Å². The fraction of sp³-hybridized carbons (Fsp3) is 0.455. The maximum absolute atomic E-state index is 13.4. The van der Waals surface area contributed by atoms with Crippen LogP contribution in [0.5, 0.6) is 11.5 Å². The first-order chi connectivity index (χ1) is 22.6. The number of aryl methyl sites for hydroxylation is 1. The van der Waals surface area contributed by atoms with E-state index in [1.165, 1.54) is 0 Å². The SMILES string of the molecule is COCCN1CC(N2CCC(Oc3cc(OC)c(Nc4ncc(Br)c(Nc5ccc6nccnc6c5P(C)(C)=O)n4)cc3C)CC2)C1. The summed E-state index contributed by atoms with van der Waals surface area (Å²) in [5.41, 5.74) is 3.64. The predicted molar refractivity (Wildman–Crippen MR) is 190 cm³/mol. The first-order valence-corrected chi connectivity index (χ1v) is 19.2. The third-order valence-electron chi connectivity index (χ3n) is 8.73. The molecule has 12 nitrogen and oxygen atoms in total. The van der Waals surface area contributed by atoms with E-state index in [1.54, 1.807) is 46.1 Å².